The van der Waals surface area contributed by atoms with Crippen molar-refractivity contribution in [1.82, 2.24) is 20.4 Å². The van der Waals surface area contributed by atoms with Gasteiger partial charge in [-0.05, 0) is 113 Å². The molecule has 10 N–H and O–H groups in total. The number of carbonyl (C=O) groups excluding carboxylic acids is 2. The molecule has 8 aromatic rings. The van der Waals surface area contributed by atoms with E-state index >= 15 is 0 Å². The number of benzene rings is 6. The zero-order valence-electron chi connectivity index (χ0n) is 53.8. The number of rotatable bonds is 16. The number of fused-ring (bicyclic) bond motifs is 2. The molecule has 2 fully saturated rings. The van der Waals surface area contributed by atoms with Crippen molar-refractivity contribution >= 4 is 65.4 Å². The fraction of sp³-hybridized carbons (Fsp3) is 0.333. The number of halogens is 6. The van der Waals surface area contributed by atoms with E-state index in [2.05, 4.69) is 42.4 Å². The lowest BCUT2D eigenvalue weighted by molar-refractivity contribution is -0.138. The zero-order valence-corrected chi connectivity index (χ0v) is 55.4. The summed E-state index contributed by atoms with van der Waals surface area (Å²) >= 11 is 0. The van der Waals surface area contributed by atoms with Gasteiger partial charge in [0.15, 0.2) is 22.0 Å². The maximum absolute atomic E-state index is 13.1. The molecule has 10 rings (SSSR count). The molecule has 6 aromatic carbocycles. The predicted octanol–water partition coefficient (Wildman–Crippen LogP) is 8.01. The number of anilines is 2. The minimum absolute atomic E-state index is 0. The third-order valence-electron chi connectivity index (χ3n) is 15.2. The Balaban J connectivity index is 0.000000352. The van der Waals surface area contributed by atoms with Crippen LogP contribution in [0.3, 0.4) is 0 Å². The molecule has 528 valence electrons. The minimum atomic E-state index is -4.48. The summed E-state index contributed by atoms with van der Waals surface area (Å²) in [6.45, 7) is 12.7. The molecule has 2 saturated heterocycles. The molecule has 0 radical (unpaired) electrons. The molecule has 97 heavy (non-hydrogen) atoms. The average Bonchev–Trinajstić information content (AvgIpc) is 0.773. The monoisotopic (exact) mass is 1400 g/mol. The van der Waals surface area contributed by atoms with Crippen LogP contribution in [0.5, 0.6) is 11.5 Å². The van der Waals surface area contributed by atoms with Crippen LogP contribution in [0.2, 0.25) is 0 Å². The molecule has 0 atom stereocenters. The van der Waals surface area contributed by atoms with Crippen molar-refractivity contribution in [3.8, 4) is 34.1 Å². The van der Waals surface area contributed by atoms with Gasteiger partial charge in [-0.25, -0.2) is 0 Å². The summed E-state index contributed by atoms with van der Waals surface area (Å²) in [6, 6.07) is 34.3. The summed E-state index contributed by atoms with van der Waals surface area (Å²) in [5.41, 5.74) is 1.65. The van der Waals surface area contributed by atoms with E-state index in [9.17, 15) is 62.4 Å². The van der Waals surface area contributed by atoms with Crippen LogP contribution < -0.4 is 40.8 Å². The van der Waals surface area contributed by atoms with Gasteiger partial charge in [0.25, 0.3) is 32.1 Å². The van der Waals surface area contributed by atoms with E-state index < -0.39 is 43.7 Å². The number of para-hydroxylation sites is 6. The van der Waals surface area contributed by atoms with Gasteiger partial charge in [-0.15, -0.1) is 0 Å². The Kier molecular flexibility index (Phi) is 29.4. The molecule has 4 heterocycles. The van der Waals surface area contributed by atoms with Gasteiger partial charge >= 0.3 is 12.4 Å². The number of nitrogens with one attached hydrogen (secondary N) is 2. The lowest BCUT2D eigenvalue weighted by atomic mass is 10.0. The number of alkyl halides is 6. The van der Waals surface area contributed by atoms with Crippen molar-refractivity contribution in [1.29, 1.82) is 0 Å². The van der Waals surface area contributed by atoms with E-state index in [1.165, 1.54) is 24.3 Å². The molecule has 0 saturated carbocycles. The number of methoxy groups -OCH3 is 2. The number of ether oxygens (including phenoxy) is 2. The Morgan fingerprint density at radius 1 is 0.495 bits per heavy atom. The van der Waals surface area contributed by atoms with Crippen LogP contribution in [0.25, 0.3) is 44.6 Å². The maximum Gasteiger partial charge on any atom is 0.416 e. The first kappa shape index (κ1) is 80.5. The van der Waals surface area contributed by atoms with E-state index in [0.717, 1.165) is 125 Å². The fourth-order valence-corrected chi connectivity index (χ4v) is 10.6. The van der Waals surface area contributed by atoms with Gasteiger partial charge in [0, 0.05) is 87.7 Å². The molecule has 2 aromatic heterocycles. The van der Waals surface area contributed by atoms with Crippen molar-refractivity contribution in [3.05, 3.63) is 187 Å². The molecule has 0 aliphatic carbocycles. The van der Waals surface area contributed by atoms with E-state index in [0.29, 0.717) is 36.7 Å². The second-order valence-electron chi connectivity index (χ2n) is 22.0. The van der Waals surface area contributed by atoms with E-state index in [1.54, 1.807) is 64.5 Å². The van der Waals surface area contributed by atoms with Gasteiger partial charge in [0.1, 0.15) is 23.0 Å². The van der Waals surface area contributed by atoms with Crippen molar-refractivity contribution in [2.24, 2.45) is 0 Å². The SMILES string of the molecule is COc1ccccc1N1CCN(CCCNC(=O)c2cccc3c(=O)c(C)c(-c4ccc(C(F)(F)F)cc4)oc23)CC1.COc1ccccc1N1CCN(CCCNC(=O)c2cccc3c(=O)c(C)c(-c4ccc(C(F)(F)F)cc4)oc23)CC1.CS(=O)(=O)O.CS(=O)(=O)O.O.O.O. The van der Waals surface area contributed by atoms with Gasteiger partial charge in [-0.2, -0.15) is 43.2 Å². The Morgan fingerprint density at radius 3 is 1.10 bits per heavy atom. The standard InChI is InChI=1S/2C32H32F3N3O4.2CH4O3S.3H2O/c2*1-21-28(39)24-7-5-8-25(30(24)42-29(21)22-11-13-23(14-12-22)32(33,34)35)31(40)36-15-6-16-37-17-19-38(20-18-37)26-9-3-4-10-27(26)41-2;2*1-5(2,3)4;;;/h2*3-5,7-14H,6,15-20H2,1-2H3,(H,36,40);2*1H3,(H,2,3,4);3*1H2. The highest BCUT2D eigenvalue weighted by molar-refractivity contribution is 7.85. The zero-order chi connectivity index (χ0) is 68.7. The molecule has 2 aliphatic heterocycles. The van der Waals surface area contributed by atoms with Crippen molar-refractivity contribution < 1.29 is 96.6 Å². The van der Waals surface area contributed by atoms with Gasteiger partial charge in [-0.3, -0.25) is 38.1 Å². The molecule has 0 unspecified atom stereocenters. The number of hydrogen-bond acceptors (Lipinski definition) is 16. The van der Waals surface area contributed by atoms with Crippen LogP contribution in [-0.4, -0.2) is 169 Å². The first-order valence-corrected chi connectivity index (χ1v) is 33.1. The highest BCUT2D eigenvalue weighted by atomic mass is 32.2. The summed E-state index contributed by atoms with van der Waals surface area (Å²) in [4.78, 5) is 61.9. The number of nitrogens with zero attached hydrogens (tertiary/aromatic N) is 4. The topological polar surface area (TPSA) is 353 Å². The molecule has 23 nitrogen and oxygen atoms in total. The third kappa shape index (κ3) is 22.6. The van der Waals surface area contributed by atoms with E-state index in [1.807, 2.05) is 36.4 Å². The first-order valence-electron chi connectivity index (χ1n) is 29.4. The Labute approximate surface area is 555 Å². The van der Waals surface area contributed by atoms with Gasteiger partial charge in [-0.1, -0.05) is 60.7 Å². The third-order valence-corrected chi connectivity index (χ3v) is 15.2. The van der Waals surface area contributed by atoms with Crippen LogP contribution in [0.15, 0.2) is 152 Å². The van der Waals surface area contributed by atoms with Crippen molar-refractivity contribution in [2.75, 3.05) is 115 Å². The normalized spacial score (nSPS) is 13.5. The molecular weight excluding hydrogens is 1330 g/mol. The van der Waals surface area contributed by atoms with Crippen molar-refractivity contribution in [2.45, 2.75) is 39.0 Å². The number of piperazine rings is 2. The number of hydrogen-bond donors (Lipinski definition) is 4. The van der Waals surface area contributed by atoms with E-state index in [4.69, 9.17) is 27.4 Å². The number of carbonyl (C=O) groups is 2. The molecule has 0 spiro atoms. The molecule has 31 heteroatoms. The minimum Gasteiger partial charge on any atom is -0.495 e. The first-order chi connectivity index (χ1) is 44.3. The second-order valence-corrected chi connectivity index (χ2v) is 24.9. The molecule has 2 amide bonds. The highest BCUT2D eigenvalue weighted by Gasteiger charge is 2.32. The van der Waals surface area contributed by atoms with Gasteiger partial charge in [0.2, 0.25) is 0 Å². The molecule has 0 bridgehead atoms. The fourth-order valence-electron chi connectivity index (χ4n) is 10.6. The average molecular weight is 1410 g/mol. The second kappa shape index (κ2) is 35.4. The van der Waals surface area contributed by atoms with Crippen molar-refractivity contribution in [3.63, 3.8) is 0 Å². The summed E-state index contributed by atoms with van der Waals surface area (Å²) in [6.07, 6.45) is -6.04. The maximum atomic E-state index is 13.1. The predicted molar refractivity (Wildman–Crippen MR) is 358 cm³/mol. The summed E-state index contributed by atoms with van der Waals surface area (Å²) in [5.74, 6) is 1.22. The van der Waals surface area contributed by atoms with Crippen LogP contribution in [0.1, 0.15) is 55.8 Å². The lowest BCUT2D eigenvalue weighted by Crippen LogP contribution is -2.47. The van der Waals surface area contributed by atoms with Gasteiger partial charge in [0.05, 0.1) is 71.1 Å². The Morgan fingerprint density at radius 2 is 0.804 bits per heavy atom. The van der Waals surface area contributed by atoms with Crippen LogP contribution in [0, 0.1) is 13.8 Å². The molecular formula is C66H78F6N6O17S2. The Bertz CT molecular complexity index is 4010. The van der Waals surface area contributed by atoms with Crippen LogP contribution in [0.4, 0.5) is 37.7 Å². The molecule has 2 aliphatic rings. The summed E-state index contributed by atoms with van der Waals surface area (Å²) < 4.78 is 153. The summed E-state index contributed by atoms with van der Waals surface area (Å²) in [7, 11) is -3.98. The van der Waals surface area contributed by atoms with Crippen LogP contribution >= 0.6 is 0 Å². The number of amides is 2. The summed E-state index contributed by atoms with van der Waals surface area (Å²) in [5, 5.41) is 6.32. The highest BCUT2D eigenvalue weighted by Crippen LogP contribution is 2.36. The van der Waals surface area contributed by atoms with E-state index in [-0.39, 0.29) is 94.8 Å². The smallest absolute Gasteiger partial charge is 0.416 e. The van der Waals surface area contributed by atoms with Gasteiger partial charge < -0.3 is 55.2 Å². The lowest BCUT2D eigenvalue weighted by Gasteiger charge is -2.36. The quantitative estimate of drug-likeness (QED) is 0.0404. The largest absolute Gasteiger partial charge is 0.495 e. The Hall–Kier alpha value is -8.92. The van der Waals surface area contributed by atoms with Crippen LogP contribution in [-0.2, 0) is 32.6 Å².